The van der Waals surface area contributed by atoms with Gasteiger partial charge in [0.05, 0.1) is 84.7 Å². The number of carboxylic acid groups (broad SMARTS) is 2. The molecule has 10 rings (SSSR count). The van der Waals surface area contributed by atoms with Gasteiger partial charge in [0.15, 0.2) is 34.7 Å². The maximum absolute atomic E-state index is 14.5. The van der Waals surface area contributed by atoms with Crippen LogP contribution in [0.3, 0.4) is 0 Å². The highest BCUT2D eigenvalue weighted by atomic mass is 19.1. The summed E-state index contributed by atoms with van der Waals surface area (Å²) in [6, 6.07) is 29.9. The third-order valence-corrected chi connectivity index (χ3v) is 12.9. The Kier molecular flexibility index (Phi) is 27.2. The predicted octanol–water partition coefficient (Wildman–Crippen LogP) is 11.3. The number of carbonyl (C=O) groups is 8. The molecule has 0 unspecified atom stereocenters. The minimum atomic E-state index is -1.11. The standard InChI is InChI=1S/C26H19FN4O5.C17H15FO5.C11H10N4O.C10H15N3O2.C6H5NO2/c1-36-21-7-6-20(32)22(23(21)27)24(33)15-2-4-16(5-3-15)25(34)30-18-10-13-29-14-19(18)31-26(35)17-8-11-28-12-9-17;1-3-23-12-8-9-13(22-2)15(18)14(12)16(19)10-4-6-11(7-5-10)17(20)21;12-9-3-6-14-7-10(9)15-11(16)8-1-4-13-5-2-8;1-10(2,3)15-9(14)13-8-4-5-12-6-7(8)11;8-6(9)5-1-3-7-4-2-5/h2-14,32H,1H3,(H,31,35)(H,29,30,34);4-9H,3H2,1-2H3,(H,20,21);1-7H,(H2,12,14)(H,15,16);4-6H,11H2,1-3H3,(H,12,13,14);1-4H,(H,8,9). The van der Waals surface area contributed by atoms with Gasteiger partial charge >= 0.3 is 18.0 Å². The van der Waals surface area contributed by atoms with Crippen LogP contribution in [-0.2, 0) is 4.74 Å². The average molecular weight is 1350 g/mol. The Bertz CT molecular complexity index is 4460. The normalized spacial score (nSPS) is 10.2. The van der Waals surface area contributed by atoms with E-state index >= 15 is 0 Å². The molecule has 0 bridgehead atoms. The fraction of sp³-hybridized carbons (Fsp3) is 0.114. The van der Waals surface area contributed by atoms with E-state index in [9.17, 15) is 52.2 Å². The summed E-state index contributed by atoms with van der Waals surface area (Å²) in [5.74, 6) is -7.03. The number of amides is 4. The Labute approximate surface area is 563 Å². The number of pyridine rings is 6. The number of anilines is 6. The smallest absolute Gasteiger partial charge is 0.412 e. The molecule has 0 aliphatic heterocycles. The quantitative estimate of drug-likeness (QED) is 0.0382. The summed E-state index contributed by atoms with van der Waals surface area (Å²) in [7, 11) is 2.55. The number of ether oxygens (including phenoxy) is 4. The first-order chi connectivity index (χ1) is 47.3. The number of nitrogens with zero attached hydrogens (tertiary/aromatic N) is 6. The van der Waals surface area contributed by atoms with E-state index in [2.05, 4.69) is 51.2 Å². The SMILES string of the molecule is CC(C)(C)OC(=O)Nc1ccncc1N.CCOc1ccc(OC)c(F)c1C(=O)c1ccc(C(=O)O)cc1.COc1ccc(O)c(C(=O)c2ccc(C(=O)Nc3ccncc3NC(=O)c3ccncc3)cc2)c1F.Nc1ccncc1NC(=O)c1ccncc1.O=C(O)c1ccncc1. The van der Waals surface area contributed by atoms with Crippen molar-refractivity contribution in [1.82, 2.24) is 29.9 Å². The molecule has 0 atom stereocenters. The molecule has 0 aliphatic carbocycles. The molecule has 0 fully saturated rings. The van der Waals surface area contributed by atoms with Crippen LogP contribution in [-0.4, -0.2) is 119 Å². The summed E-state index contributed by atoms with van der Waals surface area (Å²) in [6.07, 6.45) is 17.4. The van der Waals surface area contributed by atoms with E-state index in [0.29, 0.717) is 39.6 Å². The summed E-state index contributed by atoms with van der Waals surface area (Å²) < 4.78 is 49.2. The molecule has 6 heterocycles. The highest BCUT2D eigenvalue weighted by Gasteiger charge is 2.25. The van der Waals surface area contributed by atoms with Crippen LogP contribution in [0.25, 0.3) is 0 Å². The molecular weight excluding hydrogens is 1290 g/mol. The third kappa shape index (κ3) is 22.0. The van der Waals surface area contributed by atoms with E-state index in [1.807, 2.05) is 0 Å². The molecule has 29 heteroatoms. The fourth-order valence-electron chi connectivity index (χ4n) is 8.06. The number of aromatic carboxylic acids is 2. The van der Waals surface area contributed by atoms with E-state index in [1.165, 1.54) is 149 Å². The average Bonchev–Trinajstić information content (AvgIpc) is 0.806. The zero-order valence-electron chi connectivity index (χ0n) is 53.6. The van der Waals surface area contributed by atoms with Crippen molar-refractivity contribution in [3.63, 3.8) is 0 Å². The first-order valence-corrected chi connectivity index (χ1v) is 29.1. The lowest BCUT2D eigenvalue weighted by Crippen LogP contribution is -2.27. The lowest BCUT2D eigenvalue weighted by atomic mass is 10.00. The van der Waals surface area contributed by atoms with Gasteiger partial charge in [-0.2, -0.15) is 0 Å². The number of benzene rings is 4. The van der Waals surface area contributed by atoms with E-state index in [4.69, 9.17) is 40.6 Å². The number of ketones is 2. The highest BCUT2D eigenvalue weighted by Crippen LogP contribution is 2.33. The summed E-state index contributed by atoms with van der Waals surface area (Å²) in [5.41, 5.74) is 14.1. The van der Waals surface area contributed by atoms with Crippen molar-refractivity contribution >= 4 is 81.4 Å². The summed E-state index contributed by atoms with van der Waals surface area (Å²) in [6.45, 7) is 7.37. The van der Waals surface area contributed by atoms with Gasteiger partial charge in [0.25, 0.3) is 17.7 Å². The van der Waals surface area contributed by atoms with Crippen molar-refractivity contribution in [3.8, 4) is 23.0 Å². The van der Waals surface area contributed by atoms with E-state index < -0.39 is 70.0 Å². The summed E-state index contributed by atoms with van der Waals surface area (Å²) in [4.78, 5) is 118. The predicted molar refractivity (Wildman–Crippen MR) is 360 cm³/mol. The van der Waals surface area contributed by atoms with Crippen LogP contribution in [0.1, 0.15) is 111 Å². The number of nitrogens with one attached hydrogen (secondary N) is 4. The fourth-order valence-corrected chi connectivity index (χ4v) is 8.06. The first kappa shape index (κ1) is 74.4. The number of rotatable bonds is 17. The van der Waals surface area contributed by atoms with Crippen LogP contribution in [0.2, 0.25) is 0 Å². The summed E-state index contributed by atoms with van der Waals surface area (Å²) in [5, 5.41) is 37.8. The van der Waals surface area contributed by atoms with E-state index in [-0.39, 0.29) is 68.8 Å². The number of carbonyl (C=O) groups excluding carboxylic acids is 6. The topological polar surface area (TPSA) is 412 Å². The van der Waals surface area contributed by atoms with Crippen molar-refractivity contribution in [3.05, 3.63) is 263 Å². The van der Waals surface area contributed by atoms with Crippen LogP contribution in [0, 0.1) is 11.6 Å². The lowest BCUT2D eigenvalue weighted by Gasteiger charge is -2.19. The Morgan fingerprint density at radius 2 is 0.798 bits per heavy atom. The Balaban J connectivity index is 0.000000211. The molecule has 0 radical (unpaired) electrons. The van der Waals surface area contributed by atoms with Crippen molar-refractivity contribution in [2.45, 2.75) is 33.3 Å². The second-order valence-electron chi connectivity index (χ2n) is 20.8. The molecule has 27 nitrogen and oxygen atoms in total. The van der Waals surface area contributed by atoms with Crippen LogP contribution in [0.4, 0.5) is 47.7 Å². The van der Waals surface area contributed by atoms with Crippen LogP contribution < -0.4 is 46.9 Å². The molecule has 10 aromatic rings. The number of nitrogens with two attached hydrogens (primary N) is 2. The molecular formula is C70H64F2N12O15. The maximum Gasteiger partial charge on any atom is 0.412 e. The maximum atomic E-state index is 14.5. The van der Waals surface area contributed by atoms with Gasteiger partial charge in [-0.05, 0) is 131 Å². The second kappa shape index (κ2) is 36.2. The van der Waals surface area contributed by atoms with Gasteiger partial charge < -0.3 is 61.7 Å². The summed E-state index contributed by atoms with van der Waals surface area (Å²) >= 11 is 0. The van der Waals surface area contributed by atoms with Crippen molar-refractivity contribution in [2.75, 3.05) is 53.6 Å². The van der Waals surface area contributed by atoms with Gasteiger partial charge in [-0.1, -0.05) is 24.3 Å². The number of phenols is 1. The number of aromatic nitrogens is 6. The number of hydrogen-bond donors (Lipinski definition) is 9. The van der Waals surface area contributed by atoms with Gasteiger partial charge in [0, 0.05) is 83.6 Å². The molecule has 99 heavy (non-hydrogen) atoms. The number of halogens is 2. The zero-order chi connectivity index (χ0) is 72.2. The molecule has 4 aromatic carbocycles. The first-order valence-electron chi connectivity index (χ1n) is 29.1. The minimum Gasteiger partial charge on any atom is -0.507 e. The Morgan fingerprint density at radius 3 is 1.26 bits per heavy atom. The number of carboxylic acids is 2. The van der Waals surface area contributed by atoms with E-state index in [0.717, 1.165) is 6.07 Å². The Hall–Kier alpha value is -13.6. The van der Waals surface area contributed by atoms with Gasteiger partial charge in [0.2, 0.25) is 0 Å². The number of methoxy groups -OCH3 is 2. The molecule has 6 aromatic heterocycles. The third-order valence-electron chi connectivity index (χ3n) is 12.9. The van der Waals surface area contributed by atoms with Crippen molar-refractivity contribution in [2.24, 2.45) is 0 Å². The molecule has 0 aliphatic rings. The molecule has 0 saturated carbocycles. The number of nitrogen functional groups attached to an aromatic ring is 2. The van der Waals surface area contributed by atoms with Crippen LogP contribution in [0.15, 0.2) is 202 Å². The van der Waals surface area contributed by atoms with Gasteiger partial charge in [-0.25, -0.2) is 23.2 Å². The van der Waals surface area contributed by atoms with Gasteiger partial charge in [-0.3, -0.25) is 59.2 Å². The van der Waals surface area contributed by atoms with Crippen molar-refractivity contribution in [1.29, 1.82) is 0 Å². The number of phenolic OH excluding ortho intramolecular Hbond substituents is 1. The minimum absolute atomic E-state index is 0.0395. The molecule has 0 spiro atoms. The molecule has 508 valence electrons. The lowest BCUT2D eigenvalue weighted by molar-refractivity contribution is 0.0632. The molecule has 11 N–H and O–H groups in total. The monoisotopic (exact) mass is 1350 g/mol. The Morgan fingerprint density at radius 1 is 0.424 bits per heavy atom. The van der Waals surface area contributed by atoms with Crippen LogP contribution in [0.5, 0.6) is 23.0 Å². The number of hydrogen-bond acceptors (Lipinski definition) is 21. The molecule has 4 amide bonds. The van der Waals surface area contributed by atoms with Gasteiger partial charge in [-0.15, -0.1) is 0 Å². The zero-order valence-corrected chi connectivity index (χ0v) is 53.6. The second-order valence-corrected chi connectivity index (χ2v) is 20.8. The highest BCUT2D eigenvalue weighted by molar-refractivity contribution is 6.14. The number of aromatic hydroxyl groups is 1. The largest absolute Gasteiger partial charge is 0.507 e. The van der Waals surface area contributed by atoms with Crippen LogP contribution >= 0.6 is 0 Å². The van der Waals surface area contributed by atoms with E-state index in [1.54, 1.807) is 88.9 Å². The van der Waals surface area contributed by atoms with Gasteiger partial charge in [0.1, 0.15) is 28.2 Å². The van der Waals surface area contributed by atoms with Crippen molar-refractivity contribution < 1.29 is 81.4 Å². The molecule has 0 saturated heterocycles.